The quantitative estimate of drug-likeness (QED) is 0.713. The molecule has 1 aliphatic rings. The summed E-state index contributed by atoms with van der Waals surface area (Å²) in [4.78, 5) is 25.3. The van der Waals surface area contributed by atoms with E-state index in [0.29, 0.717) is 18.7 Å². The Morgan fingerprint density at radius 1 is 1.17 bits per heavy atom. The molecule has 0 unspecified atom stereocenters. The highest BCUT2D eigenvalue weighted by atomic mass is 16.5. The Balaban J connectivity index is 1.86. The standard InChI is InChI=1S/C17H26N4O3/c1-17(2,21-7-9-24-10-8-21)12-20-15(22)14-5-3-13(4-6-14)11-19-16(18)23/h3-6H,7-12H2,1-2H3,(H,20,22)(H3,18,19,23). The second kappa shape index (κ2) is 8.12. The Morgan fingerprint density at radius 3 is 2.38 bits per heavy atom. The molecule has 7 heteroatoms. The lowest BCUT2D eigenvalue weighted by atomic mass is 10.0. The fourth-order valence-electron chi connectivity index (χ4n) is 2.64. The predicted molar refractivity (Wildman–Crippen MR) is 91.7 cm³/mol. The predicted octanol–water partition coefficient (Wildman–Crippen LogP) is 0.696. The van der Waals surface area contributed by atoms with Gasteiger partial charge in [0.1, 0.15) is 0 Å². The van der Waals surface area contributed by atoms with Crippen LogP contribution in [0.5, 0.6) is 0 Å². The monoisotopic (exact) mass is 334 g/mol. The SMILES string of the molecule is CC(C)(CNC(=O)c1ccc(CNC(N)=O)cc1)N1CCOCC1. The highest BCUT2D eigenvalue weighted by Crippen LogP contribution is 2.15. The Kier molecular flexibility index (Phi) is 6.16. The number of hydrogen-bond donors (Lipinski definition) is 3. The summed E-state index contributed by atoms with van der Waals surface area (Å²) in [7, 11) is 0. The lowest BCUT2D eigenvalue weighted by Gasteiger charge is -2.40. The highest BCUT2D eigenvalue weighted by Gasteiger charge is 2.28. The summed E-state index contributed by atoms with van der Waals surface area (Å²) in [6.07, 6.45) is 0. The van der Waals surface area contributed by atoms with Crippen LogP contribution in [-0.4, -0.2) is 55.2 Å². The number of carbonyl (C=O) groups is 2. The van der Waals surface area contributed by atoms with Gasteiger partial charge in [-0.3, -0.25) is 9.69 Å². The van der Waals surface area contributed by atoms with Crippen molar-refractivity contribution in [1.82, 2.24) is 15.5 Å². The molecule has 0 atom stereocenters. The van der Waals surface area contributed by atoms with Crippen molar-refractivity contribution in [1.29, 1.82) is 0 Å². The molecule has 1 aromatic carbocycles. The number of carbonyl (C=O) groups excluding carboxylic acids is 2. The molecule has 0 radical (unpaired) electrons. The molecule has 0 saturated carbocycles. The zero-order chi connectivity index (χ0) is 17.6. The topological polar surface area (TPSA) is 96.7 Å². The fraction of sp³-hybridized carbons (Fsp3) is 0.529. The molecule has 1 fully saturated rings. The maximum atomic E-state index is 12.3. The summed E-state index contributed by atoms with van der Waals surface area (Å²) in [5.74, 6) is -0.106. The molecule has 1 aromatic rings. The van der Waals surface area contributed by atoms with Crippen molar-refractivity contribution < 1.29 is 14.3 Å². The van der Waals surface area contributed by atoms with Gasteiger partial charge in [0, 0.05) is 37.3 Å². The van der Waals surface area contributed by atoms with E-state index >= 15 is 0 Å². The minimum Gasteiger partial charge on any atom is -0.379 e. The number of primary amides is 1. The zero-order valence-corrected chi connectivity index (χ0v) is 14.3. The van der Waals surface area contributed by atoms with Crippen LogP contribution in [0.25, 0.3) is 0 Å². The summed E-state index contributed by atoms with van der Waals surface area (Å²) in [6.45, 7) is 8.39. The number of hydrogen-bond acceptors (Lipinski definition) is 4. The van der Waals surface area contributed by atoms with Crippen LogP contribution in [0.1, 0.15) is 29.8 Å². The lowest BCUT2D eigenvalue weighted by molar-refractivity contribution is -0.00923. The maximum absolute atomic E-state index is 12.3. The van der Waals surface area contributed by atoms with E-state index in [9.17, 15) is 9.59 Å². The van der Waals surface area contributed by atoms with Crippen LogP contribution in [0, 0.1) is 0 Å². The van der Waals surface area contributed by atoms with Gasteiger partial charge in [-0.2, -0.15) is 0 Å². The molecule has 7 nitrogen and oxygen atoms in total. The van der Waals surface area contributed by atoms with Gasteiger partial charge in [0.05, 0.1) is 13.2 Å². The number of nitrogens with one attached hydrogen (secondary N) is 2. The number of amides is 3. The second-order valence-corrected chi connectivity index (χ2v) is 6.51. The number of nitrogens with two attached hydrogens (primary N) is 1. The van der Waals surface area contributed by atoms with E-state index < -0.39 is 6.03 Å². The first kappa shape index (κ1) is 18.2. The van der Waals surface area contributed by atoms with Crippen LogP contribution in [0.3, 0.4) is 0 Å². The number of rotatable bonds is 6. The van der Waals surface area contributed by atoms with Gasteiger partial charge in [-0.25, -0.2) is 4.79 Å². The van der Waals surface area contributed by atoms with E-state index in [1.54, 1.807) is 24.3 Å². The Labute approximate surface area is 142 Å². The van der Waals surface area contributed by atoms with Crippen LogP contribution in [0.15, 0.2) is 24.3 Å². The number of nitrogens with zero attached hydrogens (tertiary/aromatic N) is 1. The molecule has 0 bridgehead atoms. The zero-order valence-electron chi connectivity index (χ0n) is 14.3. The first-order valence-corrected chi connectivity index (χ1v) is 8.12. The van der Waals surface area contributed by atoms with Crippen molar-refractivity contribution in [2.75, 3.05) is 32.8 Å². The molecule has 0 aliphatic carbocycles. The second-order valence-electron chi connectivity index (χ2n) is 6.51. The summed E-state index contributed by atoms with van der Waals surface area (Å²) < 4.78 is 5.37. The van der Waals surface area contributed by atoms with Crippen molar-refractivity contribution in [2.24, 2.45) is 5.73 Å². The molecule has 24 heavy (non-hydrogen) atoms. The maximum Gasteiger partial charge on any atom is 0.312 e. The van der Waals surface area contributed by atoms with Crippen LogP contribution in [-0.2, 0) is 11.3 Å². The van der Waals surface area contributed by atoms with E-state index in [-0.39, 0.29) is 11.4 Å². The molecular formula is C17H26N4O3. The third kappa shape index (κ3) is 5.21. The normalized spacial score (nSPS) is 15.8. The Bertz CT molecular complexity index is 566. The fourth-order valence-corrected chi connectivity index (χ4v) is 2.64. The summed E-state index contributed by atoms with van der Waals surface area (Å²) >= 11 is 0. The lowest BCUT2D eigenvalue weighted by Crippen LogP contribution is -2.55. The molecule has 3 amide bonds. The third-order valence-electron chi connectivity index (χ3n) is 4.23. The number of urea groups is 1. The van der Waals surface area contributed by atoms with Crippen molar-refractivity contribution in [2.45, 2.75) is 25.9 Å². The highest BCUT2D eigenvalue weighted by molar-refractivity contribution is 5.94. The summed E-state index contributed by atoms with van der Waals surface area (Å²) in [6, 6.07) is 6.53. The summed E-state index contributed by atoms with van der Waals surface area (Å²) in [5, 5.41) is 5.51. The van der Waals surface area contributed by atoms with Gasteiger partial charge in [-0.15, -0.1) is 0 Å². The van der Waals surface area contributed by atoms with E-state index in [4.69, 9.17) is 10.5 Å². The summed E-state index contributed by atoms with van der Waals surface area (Å²) in [5.41, 5.74) is 6.40. The minimum absolute atomic E-state index is 0.106. The first-order chi connectivity index (χ1) is 11.4. The largest absolute Gasteiger partial charge is 0.379 e. The van der Waals surface area contributed by atoms with Crippen molar-refractivity contribution in [3.63, 3.8) is 0 Å². The number of ether oxygens (including phenoxy) is 1. The Hall–Kier alpha value is -2.12. The van der Waals surface area contributed by atoms with Gasteiger partial charge in [-0.1, -0.05) is 12.1 Å². The van der Waals surface area contributed by atoms with Crippen LogP contribution >= 0.6 is 0 Å². The molecule has 4 N–H and O–H groups in total. The van der Waals surface area contributed by atoms with Gasteiger partial charge >= 0.3 is 6.03 Å². The van der Waals surface area contributed by atoms with Gasteiger partial charge in [-0.05, 0) is 31.5 Å². The van der Waals surface area contributed by atoms with Crippen LogP contribution in [0.4, 0.5) is 4.79 Å². The Morgan fingerprint density at radius 2 is 1.79 bits per heavy atom. The van der Waals surface area contributed by atoms with E-state index in [2.05, 4.69) is 29.4 Å². The van der Waals surface area contributed by atoms with Gasteiger partial charge in [0.15, 0.2) is 0 Å². The minimum atomic E-state index is -0.567. The molecule has 0 spiro atoms. The van der Waals surface area contributed by atoms with Crippen molar-refractivity contribution in [3.8, 4) is 0 Å². The molecule has 1 aliphatic heterocycles. The van der Waals surface area contributed by atoms with Crippen LogP contribution < -0.4 is 16.4 Å². The number of morpholine rings is 1. The van der Waals surface area contributed by atoms with Crippen molar-refractivity contribution in [3.05, 3.63) is 35.4 Å². The van der Waals surface area contributed by atoms with Gasteiger partial charge in [0.2, 0.25) is 0 Å². The molecule has 1 heterocycles. The smallest absolute Gasteiger partial charge is 0.312 e. The molecule has 2 rings (SSSR count). The van der Waals surface area contributed by atoms with E-state index in [1.165, 1.54) is 0 Å². The molecule has 132 valence electrons. The molecular weight excluding hydrogens is 308 g/mol. The van der Waals surface area contributed by atoms with Crippen LogP contribution in [0.2, 0.25) is 0 Å². The van der Waals surface area contributed by atoms with Gasteiger partial charge < -0.3 is 21.1 Å². The van der Waals surface area contributed by atoms with E-state index in [1.807, 2.05) is 0 Å². The van der Waals surface area contributed by atoms with Crippen molar-refractivity contribution >= 4 is 11.9 Å². The average Bonchev–Trinajstić information content (AvgIpc) is 2.59. The molecule has 0 aromatic heterocycles. The van der Waals surface area contributed by atoms with E-state index in [0.717, 1.165) is 31.9 Å². The average molecular weight is 334 g/mol. The molecule has 1 saturated heterocycles. The third-order valence-corrected chi connectivity index (χ3v) is 4.23. The first-order valence-electron chi connectivity index (χ1n) is 8.12. The number of benzene rings is 1. The van der Waals surface area contributed by atoms with Gasteiger partial charge in [0.25, 0.3) is 5.91 Å².